The molecule has 1 heterocycles. The molecule has 0 saturated heterocycles. The van der Waals surface area contributed by atoms with Crippen molar-refractivity contribution in [3.63, 3.8) is 0 Å². The molecule has 122 valence electrons. The summed E-state index contributed by atoms with van der Waals surface area (Å²) in [4.78, 5) is 47.1. The minimum absolute atomic E-state index is 0.00186. The van der Waals surface area contributed by atoms with Crippen LogP contribution in [0.1, 0.15) is 44.7 Å². The molecule has 1 aliphatic carbocycles. The first-order valence-electron chi connectivity index (χ1n) is 6.80. The standard InChI is InChI=1S/C14H15N3O5S/c1-7(18)15-4-3-5-23-9-6-8(19)11-10(13(9)20)12(17-16-11)14(21)22-2/h6H,3-5H2,1-2H3,(H,15,18)(H,16,17). The van der Waals surface area contributed by atoms with E-state index < -0.39 is 17.5 Å². The number of aromatic amines is 1. The van der Waals surface area contributed by atoms with Crippen molar-refractivity contribution in [2.75, 3.05) is 19.4 Å². The van der Waals surface area contributed by atoms with E-state index in [4.69, 9.17) is 0 Å². The Labute approximate surface area is 136 Å². The van der Waals surface area contributed by atoms with Gasteiger partial charge in [0.05, 0.1) is 17.6 Å². The number of amides is 1. The van der Waals surface area contributed by atoms with Crippen LogP contribution in [0.2, 0.25) is 0 Å². The van der Waals surface area contributed by atoms with E-state index in [1.54, 1.807) is 0 Å². The predicted molar refractivity (Wildman–Crippen MR) is 82.4 cm³/mol. The van der Waals surface area contributed by atoms with Gasteiger partial charge in [0.2, 0.25) is 17.5 Å². The lowest BCUT2D eigenvalue weighted by atomic mass is 9.99. The maximum absolute atomic E-state index is 12.5. The van der Waals surface area contributed by atoms with Gasteiger partial charge in [-0.3, -0.25) is 19.5 Å². The Morgan fingerprint density at radius 3 is 2.78 bits per heavy atom. The van der Waals surface area contributed by atoms with Gasteiger partial charge in [0.15, 0.2) is 5.69 Å². The maximum Gasteiger partial charge on any atom is 0.359 e. The van der Waals surface area contributed by atoms with Crippen LogP contribution in [-0.2, 0) is 9.53 Å². The van der Waals surface area contributed by atoms with E-state index in [1.165, 1.54) is 31.9 Å². The number of rotatable bonds is 6. The highest BCUT2D eigenvalue weighted by Crippen LogP contribution is 2.29. The lowest BCUT2D eigenvalue weighted by Crippen LogP contribution is -2.21. The molecule has 0 atom stereocenters. The average molecular weight is 337 g/mol. The summed E-state index contributed by atoms with van der Waals surface area (Å²) in [7, 11) is 1.17. The van der Waals surface area contributed by atoms with Crippen LogP contribution in [0.3, 0.4) is 0 Å². The van der Waals surface area contributed by atoms with Gasteiger partial charge in [0.25, 0.3) is 0 Å². The Morgan fingerprint density at radius 1 is 1.39 bits per heavy atom. The van der Waals surface area contributed by atoms with Crippen molar-refractivity contribution >= 4 is 35.2 Å². The van der Waals surface area contributed by atoms with Crippen molar-refractivity contribution in [1.82, 2.24) is 15.5 Å². The third-order valence-electron chi connectivity index (χ3n) is 3.06. The number of esters is 1. The number of hydrogen-bond acceptors (Lipinski definition) is 7. The molecule has 2 N–H and O–H groups in total. The first-order valence-corrected chi connectivity index (χ1v) is 7.79. The number of carbonyl (C=O) groups excluding carboxylic acids is 4. The number of ether oxygens (including phenoxy) is 1. The maximum atomic E-state index is 12.5. The Bertz CT molecular complexity index is 707. The number of H-pyrrole nitrogens is 1. The number of nitrogens with zero attached hydrogens (tertiary/aromatic N) is 1. The van der Waals surface area contributed by atoms with Gasteiger partial charge >= 0.3 is 5.97 Å². The van der Waals surface area contributed by atoms with Crippen LogP contribution in [0.15, 0.2) is 11.0 Å². The highest BCUT2D eigenvalue weighted by atomic mass is 32.2. The fraction of sp³-hybridized carbons (Fsp3) is 0.357. The molecular formula is C14H15N3O5S. The Balaban J connectivity index is 2.09. The smallest absolute Gasteiger partial charge is 0.359 e. The van der Waals surface area contributed by atoms with E-state index in [-0.39, 0.29) is 27.8 Å². The molecule has 0 spiro atoms. The zero-order valence-electron chi connectivity index (χ0n) is 12.6. The predicted octanol–water partition coefficient (Wildman–Crippen LogP) is 0.719. The first kappa shape index (κ1) is 16.9. The minimum atomic E-state index is -0.777. The highest BCUT2D eigenvalue weighted by molar-refractivity contribution is 8.04. The van der Waals surface area contributed by atoms with Crippen LogP contribution >= 0.6 is 11.8 Å². The number of ketones is 2. The first-order chi connectivity index (χ1) is 11.0. The molecule has 1 aromatic heterocycles. The molecule has 8 nitrogen and oxygen atoms in total. The number of carbonyl (C=O) groups is 4. The second kappa shape index (κ2) is 7.23. The molecule has 0 fully saturated rings. The lowest BCUT2D eigenvalue weighted by Gasteiger charge is -2.11. The fourth-order valence-electron chi connectivity index (χ4n) is 1.99. The number of Topliss-reactive ketones (excluding diaryl/α,β-unsaturated/α-hetero) is 1. The molecule has 0 radical (unpaired) electrons. The number of methoxy groups -OCH3 is 1. The molecule has 0 aromatic carbocycles. The summed E-state index contributed by atoms with van der Waals surface area (Å²) in [5.74, 6) is -1.19. The second-order valence-electron chi connectivity index (χ2n) is 4.70. The lowest BCUT2D eigenvalue weighted by molar-refractivity contribution is -0.118. The molecular weight excluding hydrogens is 322 g/mol. The quantitative estimate of drug-likeness (QED) is 0.580. The number of hydrogen-bond donors (Lipinski definition) is 2. The fourth-order valence-corrected chi connectivity index (χ4v) is 2.92. The van der Waals surface area contributed by atoms with Crippen molar-refractivity contribution in [3.05, 3.63) is 27.9 Å². The second-order valence-corrected chi connectivity index (χ2v) is 5.84. The van der Waals surface area contributed by atoms with E-state index in [2.05, 4.69) is 20.3 Å². The normalized spacial score (nSPS) is 13.4. The van der Waals surface area contributed by atoms with Crippen LogP contribution in [0.5, 0.6) is 0 Å². The van der Waals surface area contributed by atoms with Gasteiger partial charge in [-0.1, -0.05) is 0 Å². The van der Waals surface area contributed by atoms with Gasteiger partial charge in [0, 0.05) is 19.5 Å². The third kappa shape index (κ3) is 3.67. The van der Waals surface area contributed by atoms with Crippen LogP contribution in [0.4, 0.5) is 0 Å². The molecule has 0 unspecified atom stereocenters. The van der Waals surface area contributed by atoms with Gasteiger partial charge in [-0.2, -0.15) is 5.10 Å². The number of allylic oxidation sites excluding steroid dienone is 2. The van der Waals surface area contributed by atoms with Crippen LogP contribution in [0.25, 0.3) is 0 Å². The van der Waals surface area contributed by atoms with E-state index in [1.807, 2.05) is 0 Å². The Kier molecular flexibility index (Phi) is 5.32. The minimum Gasteiger partial charge on any atom is -0.464 e. The summed E-state index contributed by atoms with van der Waals surface area (Å²) < 4.78 is 4.56. The van der Waals surface area contributed by atoms with Crippen molar-refractivity contribution in [3.8, 4) is 0 Å². The average Bonchev–Trinajstić information content (AvgIpc) is 2.96. The topological polar surface area (TPSA) is 118 Å². The van der Waals surface area contributed by atoms with Crippen LogP contribution in [0, 0.1) is 0 Å². The molecule has 1 amide bonds. The molecule has 0 saturated carbocycles. The summed E-state index contributed by atoms with van der Waals surface area (Å²) in [6.45, 7) is 1.91. The van der Waals surface area contributed by atoms with E-state index in [0.29, 0.717) is 18.7 Å². The van der Waals surface area contributed by atoms with Gasteiger partial charge in [-0.25, -0.2) is 4.79 Å². The number of nitrogens with one attached hydrogen (secondary N) is 2. The summed E-state index contributed by atoms with van der Waals surface area (Å²) >= 11 is 1.20. The van der Waals surface area contributed by atoms with E-state index in [0.717, 1.165) is 0 Å². The summed E-state index contributed by atoms with van der Waals surface area (Å²) in [5, 5.41) is 8.76. The number of fused-ring (bicyclic) bond motifs is 1. The molecule has 23 heavy (non-hydrogen) atoms. The van der Waals surface area contributed by atoms with Gasteiger partial charge in [-0.15, -0.1) is 11.8 Å². The summed E-state index contributed by atoms with van der Waals surface area (Å²) in [6, 6.07) is 0. The van der Waals surface area contributed by atoms with Gasteiger partial charge in [-0.05, 0) is 12.2 Å². The SMILES string of the molecule is COC(=O)c1n[nH]c2c1C(=O)C(SCCCNC(C)=O)=CC2=O. The molecule has 0 bridgehead atoms. The monoisotopic (exact) mass is 337 g/mol. The molecule has 1 aromatic rings. The summed E-state index contributed by atoms with van der Waals surface area (Å²) in [6.07, 6.45) is 1.87. The zero-order valence-corrected chi connectivity index (χ0v) is 13.4. The number of thioether (sulfide) groups is 1. The van der Waals surface area contributed by atoms with Crippen molar-refractivity contribution in [2.24, 2.45) is 0 Å². The highest BCUT2D eigenvalue weighted by Gasteiger charge is 2.34. The van der Waals surface area contributed by atoms with Crippen LogP contribution in [-0.4, -0.2) is 53.0 Å². The number of aromatic nitrogens is 2. The Morgan fingerprint density at radius 2 is 2.13 bits per heavy atom. The van der Waals surface area contributed by atoms with Crippen molar-refractivity contribution in [1.29, 1.82) is 0 Å². The molecule has 9 heteroatoms. The summed E-state index contributed by atoms with van der Waals surface area (Å²) in [5.41, 5.74) is -0.239. The van der Waals surface area contributed by atoms with Crippen molar-refractivity contribution in [2.45, 2.75) is 13.3 Å². The van der Waals surface area contributed by atoms with Crippen LogP contribution < -0.4 is 5.32 Å². The molecule has 2 rings (SSSR count). The largest absolute Gasteiger partial charge is 0.464 e. The van der Waals surface area contributed by atoms with E-state index in [9.17, 15) is 19.2 Å². The van der Waals surface area contributed by atoms with Gasteiger partial charge in [0.1, 0.15) is 5.69 Å². The van der Waals surface area contributed by atoms with Gasteiger partial charge < -0.3 is 10.1 Å². The zero-order chi connectivity index (χ0) is 17.0. The molecule has 0 aliphatic heterocycles. The third-order valence-corrected chi connectivity index (χ3v) is 4.16. The molecule has 1 aliphatic rings. The van der Waals surface area contributed by atoms with Crippen molar-refractivity contribution < 1.29 is 23.9 Å². The Hall–Kier alpha value is -2.42. The van der Waals surface area contributed by atoms with E-state index >= 15 is 0 Å².